The van der Waals surface area contributed by atoms with Gasteiger partial charge in [-0.25, -0.2) is 8.42 Å². The van der Waals surface area contributed by atoms with E-state index in [0.29, 0.717) is 30.8 Å². The fourth-order valence-corrected chi connectivity index (χ4v) is 4.43. The lowest BCUT2D eigenvalue weighted by Crippen LogP contribution is -2.10. The summed E-state index contributed by atoms with van der Waals surface area (Å²) in [5.74, 6) is 1.83. The summed E-state index contributed by atoms with van der Waals surface area (Å²) in [6.45, 7) is 7.01. The van der Waals surface area contributed by atoms with Crippen LogP contribution in [-0.4, -0.2) is 27.5 Å². The Morgan fingerprint density at radius 2 is 1.45 bits per heavy atom. The van der Waals surface area contributed by atoms with Crippen LogP contribution in [0.25, 0.3) is 0 Å². The van der Waals surface area contributed by atoms with Gasteiger partial charge in [0.05, 0.1) is 33.0 Å². The van der Waals surface area contributed by atoms with Gasteiger partial charge in [0.25, 0.3) is 0 Å². The topological polar surface area (TPSA) is 52.6 Å². The first-order chi connectivity index (χ1) is 13.7. The molecule has 29 heavy (non-hydrogen) atoms. The normalized spacial score (nSPS) is 13.7. The number of rotatable bonds is 10. The molecule has 8 heteroatoms. The van der Waals surface area contributed by atoms with Crippen molar-refractivity contribution in [1.29, 1.82) is 0 Å². The van der Waals surface area contributed by atoms with E-state index in [9.17, 15) is 8.42 Å². The van der Waals surface area contributed by atoms with E-state index in [1.807, 2.05) is 6.92 Å². The molecule has 0 unspecified atom stereocenters. The molecule has 0 fully saturated rings. The van der Waals surface area contributed by atoms with Gasteiger partial charge in [0.1, 0.15) is 5.75 Å². The summed E-state index contributed by atoms with van der Waals surface area (Å²) in [6.07, 6.45) is 1.01. The second-order valence-electron chi connectivity index (χ2n) is 7.09. The molecule has 2 rings (SSSR count). The van der Waals surface area contributed by atoms with Gasteiger partial charge >= 0.3 is 0 Å². The largest absolute Gasteiger partial charge is 0.493 e. The highest BCUT2D eigenvalue weighted by atomic mass is 35.5. The molecule has 0 aliphatic heterocycles. The van der Waals surface area contributed by atoms with Crippen LogP contribution in [0.4, 0.5) is 0 Å². The van der Waals surface area contributed by atoms with Gasteiger partial charge in [-0.15, -0.1) is 11.6 Å². The van der Waals surface area contributed by atoms with E-state index in [-0.39, 0.29) is 31.5 Å². The molecule has 2 atom stereocenters. The quantitative estimate of drug-likeness (QED) is 0.365. The van der Waals surface area contributed by atoms with Gasteiger partial charge in [-0.3, -0.25) is 0 Å². The monoisotopic (exact) mass is 478 g/mol. The van der Waals surface area contributed by atoms with Crippen LogP contribution >= 0.6 is 34.8 Å². The average Bonchev–Trinajstić information content (AvgIpc) is 2.71. The molecule has 2 aromatic rings. The summed E-state index contributed by atoms with van der Waals surface area (Å²) in [7, 11) is -3.79. The second kappa shape index (κ2) is 10.8. The molecule has 0 N–H and O–H groups in total. The maximum Gasteiger partial charge on any atom is 0.206 e. The highest BCUT2D eigenvalue weighted by Crippen LogP contribution is 2.37. The van der Waals surface area contributed by atoms with Crippen molar-refractivity contribution >= 4 is 44.6 Å². The standard InChI is InChI=1S/C21H25Cl3O4S/c1-4-14(2)12-27-16-5-7-17(8-6-16)29(25,26)18-9-19(23)21(20(24)10-18)28-13-15(3)11-22/h5-10,14-15H,4,11-13H2,1-3H3/t14-,15+/m1/s1. The molecule has 0 heterocycles. The van der Waals surface area contributed by atoms with Crippen LogP contribution in [-0.2, 0) is 9.84 Å². The lowest BCUT2D eigenvalue weighted by atomic mass is 10.1. The Labute approximate surface area is 188 Å². The van der Waals surface area contributed by atoms with Crippen molar-refractivity contribution in [2.75, 3.05) is 19.1 Å². The van der Waals surface area contributed by atoms with E-state index in [0.717, 1.165) is 6.42 Å². The Morgan fingerprint density at radius 3 is 1.97 bits per heavy atom. The molecule has 0 saturated heterocycles. The van der Waals surface area contributed by atoms with Gasteiger partial charge in [-0.05, 0) is 42.3 Å². The molecular weight excluding hydrogens is 455 g/mol. The molecule has 4 nitrogen and oxygen atoms in total. The fourth-order valence-electron chi connectivity index (χ4n) is 2.31. The van der Waals surface area contributed by atoms with Crippen molar-refractivity contribution in [3.63, 3.8) is 0 Å². The molecule has 0 amide bonds. The van der Waals surface area contributed by atoms with E-state index in [1.165, 1.54) is 24.3 Å². The molecule has 0 radical (unpaired) electrons. The maximum absolute atomic E-state index is 13.0. The number of alkyl halides is 1. The lowest BCUT2D eigenvalue weighted by Gasteiger charge is -2.15. The smallest absolute Gasteiger partial charge is 0.206 e. The van der Waals surface area contributed by atoms with Crippen LogP contribution in [0.2, 0.25) is 10.0 Å². The molecule has 160 valence electrons. The SMILES string of the molecule is CC[C@@H](C)COc1ccc(S(=O)(=O)c2cc(Cl)c(OC[C@@H](C)CCl)c(Cl)c2)cc1. The van der Waals surface area contributed by atoms with Crippen LogP contribution in [0, 0.1) is 11.8 Å². The zero-order valence-corrected chi connectivity index (χ0v) is 19.7. The van der Waals surface area contributed by atoms with Crippen LogP contribution < -0.4 is 9.47 Å². The summed E-state index contributed by atoms with van der Waals surface area (Å²) in [6, 6.07) is 8.99. The number of hydrogen-bond donors (Lipinski definition) is 0. The van der Waals surface area contributed by atoms with Gasteiger partial charge in [-0.1, -0.05) is 50.4 Å². The highest BCUT2D eigenvalue weighted by molar-refractivity contribution is 7.91. The number of halogens is 3. The predicted octanol–water partition coefficient (Wildman–Crippen LogP) is 6.50. The highest BCUT2D eigenvalue weighted by Gasteiger charge is 2.22. The summed E-state index contributed by atoms with van der Waals surface area (Å²) in [4.78, 5) is 0.128. The van der Waals surface area contributed by atoms with Crippen LogP contribution in [0.3, 0.4) is 0 Å². The number of hydrogen-bond acceptors (Lipinski definition) is 4. The first-order valence-corrected chi connectivity index (χ1v) is 12.1. The zero-order valence-electron chi connectivity index (χ0n) is 16.6. The Morgan fingerprint density at radius 1 is 0.897 bits per heavy atom. The third kappa shape index (κ3) is 6.42. The first-order valence-electron chi connectivity index (χ1n) is 9.34. The zero-order chi connectivity index (χ0) is 21.6. The third-order valence-corrected chi connectivity index (χ3v) is 7.26. The molecular formula is C21H25Cl3O4S. The van der Waals surface area contributed by atoms with Crippen molar-refractivity contribution < 1.29 is 17.9 Å². The van der Waals surface area contributed by atoms with Crippen molar-refractivity contribution in [2.24, 2.45) is 11.8 Å². The van der Waals surface area contributed by atoms with E-state index < -0.39 is 9.84 Å². The summed E-state index contributed by atoms with van der Waals surface area (Å²) < 4.78 is 37.2. The van der Waals surface area contributed by atoms with Crippen LogP contribution in [0.1, 0.15) is 27.2 Å². The molecule has 0 saturated carbocycles. The van der Waals surface area contributed by atoms with Gasteiger partial charge < -0.3 is 9.47 Å². The summed E-state index contributed by atoms with van der Waals surface area (Å²) in [5, 5.41) is 0.262. The second-order valence-corrected chi connectivity index (χ2v) is 10.2. The van der Waals surface area contributed by atoms with Crippen molar-refractivity contribution in [3.8, 4) is 11.5 Å². The average molecular weight is 480 g/mol. The Bertz CT molecular complexity index is 891. The lowest BCUT2D eigenvalue weighted by molar-refractivity contribution is 0.256. The minimum Gasteiger partial charge on any atom is -0.493 e. The van der Waals surface area contributed by atoms with Crippen molar-refractivity contribution in [1.82, 2.24) is 0 Å². The maximum atomic E-state index is 13.0. The van der Waals surface area contributed by atoms with Gasteiger partial charge in [-0.2, -0.15) is 0 Å². The number of sulfone groups is 1. The van der Waals surface area contributed by atoms with Crippen molar-refractivity contribution in [2.45, 2.75) is 37.0 Å². The van der Waals surface area contributed by atoms with E-state index >= 15 is 0 Å². The number of ether oxygens (including phenoxy) is 2. The van der Waals surface area contributed by atoms with Crippen molar-refractivity contribution in [3.05, 3.63) is 46.4 Å². The van der Waals surface area contributed by atoms with E-state index in [1.54, 1.807) is 12.1 Å². The van der Waals surface area contributed by atoms with E-state index in [2.05, 4.69) is 13.8 Å². The first kappa shape index (κ1) is 24.1. The molecule has 0 aromatic heterocycles. The number of benzene rings is 2. The van der Waals surface area contributed by atoms with Crippen LogP contribution in [0.15, 0.2) is 46.2 Å². The third-order valence-electron chi connectivity index (χ3n) is 4.42. The minimum absolute atomic E-state index is 0.00137. The Balaban J connectivity index is 2.22. The molecule has 0 aliphatic rings. The van der Waals surface area contributed by atoms with Gasteiger partial charge in [0.15, 0.2) is 5.75 Å². The molecule has 0 aliphatic carbocycles. The molecule has 2 aromatic carbocycles. The van der Waals surface area contributed by atoms with E-state index in [4.69, 9.17) is 44.3 Å². The van der Waals surface area contributed by atoms with Gasteiger partial charge in [0, 0.05) is 11.8 Å². The summed E-state index contributed by atoms with van der Waals surface area (Å²) in [5.41, 5.74) is 0. The minimum atomic E-state index is -3.79. The fraction of sp³-hybridized carbons (Fsp3) is 0.429. The molecule has 0 spiro atoms. The summed E-state index contributed by atoms with van der Waals surface area (Å²) >= 11 is 18.2. The Kier molecular flexibility index (Phi) is 8.95. The van der Waals surface area contributed by atoms with Crippen LogP contribution in [0.5, 0.6) is 11.5 Å². The Hall–Kier alpha value is -1.14. The predicted molar refractivity (Wildman–Crippen MR) is 119 cm³/mol. The van der Waals surface area contributed by atoms with Gasteiger partial charge in [0.2, 0.25) is 9.84 Å². The molecule has 0 bridgehead atoms.